The topological polar surface area (TPSA) is 57.3 Å². The van der Waals surface area contributed by atoms with E-state index in [4.69, 9.17) is 0 Å². The first-order valence-corrected chi connectivity index (χ1v) is 6.51. The smallest absolute Gasteiger partial charge is 0.252 e. The van der Waals surface area contributed by atoms with E-state index < -0.39 is 0 Å². The molecule has 0 unspecified atom stereocenters. The van der Waals surface area contributed by atoms with Crippen molar-refractivity contribution >= 4 is 11.7 Å². The number of aromatic nitrogens is 1. The molecule has 1 aromatic heterocycles. The van der Waals surface area contributed by atoms with Crippen LogP contribution in [0.3, 0.4) is 0 Å². The fraction of sp³-hybridized carbons (Fsp3) is 0.538. The van der Waals surface area contributed by atoms with Gasteiger partial charge in [-0.15, -0.1) is 0 Å². The van der Waals surface area contributed by atoms with E-state index in [0.717, 1.165) is 38.4 Å². The molecular formula is C13H20N4O. The highest BCUT2D eigenvalue weighted by atomic mass is 16.1. The molecule has 5 heteroatoms. The first-order chi connectivity index (χ1) is 8.81. The summed E-state index contributed by atoms with van der Waals surface area (Å²) in [6.07, 6.45) is 2.60. The molecule has 2 rings (SSSR count). The van der Waals surface area contributed by atoms with E-state index in [1.54, 1.807) is 6.20 Å². The highest BCUT2D eigenvalue weighted by Gasteiger charge is 2.12. The predicted octanol–water partition coefficient (Wildman–Crippen LogP) is 0.631. The molecule has 1 amide bonds. The van der Waals surface area contributed by atoms with Crippen LogP contribution in [0.25, 0.3) is 0 Å². The van der Waals surface area contributed by atoms with E-state index in [0.29, 0.717) is 12.1 Å². The molecular weight excluding hydrogens is 228 g/mol. The van der Waals surface area contributed by atoms with Crippen molar-refractivity contribution in [1.82, 2.24) is 15.6 Å². The molecule has 2 N–H and O–H groups in total. The number of nitrogens with zero attached hydrogens (tertiary/aromatic N) is 2. The fourth-order valence-electron chi connectivity index (χ4n) is 1.94. The van der Waals surface area contributed by atoms with E-state index in [1.165, 1.54) is 0 Å². The van der Waals surface area contributed by atoms with Crippen LogP contribution in [0.2, 0.25) is 0 Å². The normalized spacial score (nSPS) is 15.5. The number of carbonyl (C=O) groups excluding carboxylic acids is 1. The molecule has 2 heterocycles. The quantitative estimate of drug-likeness (QED) is 0.820. The Balaban J connectivity index is 1.98. The molecule has 1 aromatic rings. The summed E-state index contributed by atoms with van der Waals surface area (Å²) >= 11 is 0. The van der Waals surface area contributed by atoms with Gasteiger partial charge in [-0.25, -0.2) is 4.98 Å². The maximum absolute atomic E-state index is 11.7. The molecule has 1 aliphatic rings. The molecule has 0 saturated carbocycles. The summed E-state index contributed by atoms with van der Waals surface area (Å²) in [6, 6.07) is 3.77. The highest BCUT2D eigenvalue weighted by Crippen LogP contribution is 2.11. The van der Waals surface area contributed by atoms with Crippen LogP contribution < -0.4 is 15.5 Å². The van der Waals surface area contributed by atoms with Gasteiger partial charge in [-0.05, 0) is 18.6 Å². The van der Waals surface area contributed by atoms with E-state index in [2.05, 4.69) is 20.5 Å². The minimum absolute atomic E-state index is 0.0452. The minimum atomic E-state index is -0.0452. The largest absolute Gasteiger partial charge is 0.354 e. The van der Waals surface area contributed by atoms with Crippen LogP contribution in [0.1, 0.15) is 23.7 Å². The van der Waals surface area contributed by atoms with Gasteiger partial charge >= 0.3 is 0 Å². The second-order valence-corrected chi connectivity index (χ2v) is 4.40. The third kappa shape index (κ3) is 3.20. The summed E-state index contributed by atoms with van der Waals surface area (Å²) < 4.78 is 0. The molecule has 0 aromatic carbocycles. The van der Waals surface area contributed by atoms with Gasteiger partial charge in [0.15, 0.2) is 0 Å². The van der Waals surface area contributed by atoms with Crippen molar-refractivity contribution in [2.24, 2.45) is 0 Å². The van der Waals surface area contributed by atoms with Gasteiger partial charge in [0.2, 0.25) is 0 Å². The van der Waals surface area contributed by atoms with E-state index in [9.17, 15) is 4.79 Å². The lowest BCUT2D eigenvalue weighted by atomic mass is 10.2. The fourth-order valence-corrected chi connectivity index (χ4v) is 1.94. The zero-order chi connectivity index (χ0) is 12.8. The first kappa shape index (κ1) is 12.8. The third-order valence-corrected chi connectivity index (χ3v) is 2.99. The lowest BCUT2D eigenvalue weighted by Crippen LogP contribution is -2.43. The lowest BCUT2D eigenvalue weighted by molar-refractivity contribution is 0.0953. The van der Waals surface area contributed by atoms with Crippen molar-refractivity contribution in [3.8, 4) is 0 Å². The number of carbonyl (C=O) groups is 1. The molecule has 5 nitrogen and oxygen atoms in total. The second-order valence-electron chi connectivity index (χ2n) is 4.40. The van der Waals surface area contributed by atoms with Crippen molar-refractivity contribution in [3.63, 3.8) is 0 Å². The summed E-state index contributed by atoms with van der Waals surface area (Å²) in [4.78, 5) is 18.3. The lowest BCUT2D eigenvalue weighted by Gasteiger charge is -2.28. The molecule has 0 aliphatic carbocycles. The van der Waals surface area contributed by atoms with Crippen molar-refractivity contribution < 1.29 is 4.79 Å². The summed E-state index contributed by atoms with van der Waals surface area (Å²) in [5.41, 5.74) is 0.627. The summed E-state index contributed by atoms with van der Waals surface area (Å²) in [7, 11) is 0. The third-order valence-electron chi connectivity index (χ3n) is 2.99. The summed E-state index contributed by atoms with van der Waals surface area (Å²) in [5, 5.41) is 6.15. The number of hydrogen-bond acceptors (Lipinski definition) is 4. The molecule has 0 atom stereocenters. The van der Waals surface area contributed by atoms with Crippen LogP contribution in [-0.4, -0.2) is 43.6 Å². The SMILES string of the molecule is CCCNC(=O)c1ccc(N2CCNCC2)nc1. The number of rotatable bonds is 4. The van der Waals surface area contributed by atoms with Crippen molar-refractivity contribution in [1.29, 1.82) is 0 Å². The van der Waals surface area contributed by atoms with Gasteiger partial charge in [0.1, 0.15) is 5.82 Å². The Hall–Kier alpha value is -1.62. The van der Waals surface area contributed by atoms with Crippen molar-refractivity contribution in [2.45, 2.75) is 13.3 Å². The number of pyridine rings is 1. The summed E-state index contributed by atoms with van der Waals surface area (Å²) in [6.45, 7) is 6.65. The average Bonchev–Trinajstić information content (AvgIpc) is 2.46. The summed E-state index contributed by atoms with van der Waals surface area (Å²) in [5.74, 6) is 0.903. The Morgan fingerprint density at radius 1 is 1.44 bits per heavy atom. The van der Waals surface area contributed by atoms with Crippen LogP contribution in [0.4, 0.5) is 5.82 Å². The zero-order valence-electron chi connectivity index (χ0n) is 10.8. The molecule has 1 fully saturated rings. The van der Waals surface area contributed by atoms with Crippen molar-refractivity contribution in [3.05, 3.63) is 23.9 Å². The first-order valence-electron chi connectivity index (χ1n) is 6.51. The molecule has 0 spiro atoms. The van der Waals surface area contributed by atoms with Crippen LogP contribution >= 0.6 is 0 Å². The van der Waals surface area contributed by atoms with Crippen LogP contribution in [-0.2, 0) is 0 Å². The molecule has 1 aliphatic heterocycles. The number of nitrogens with one attached hydrogen (secondary N) is 2. The monoisotopic (exact) mass is 248 g/mol. The zero-order valence-corrected chi connectivity index (χ0v) is 10.8. The Morgan fingerprint density at radius 3 is 2.83 bits per heavy atom. The standard InChI is InChI=1S/C13H20N4O/c1-2-5-15-13(18)11-3-4-12(16-10-11)17-8-6-14-7-9-17/h3-4,10,14H,2,5-9H2,1H3,(H,15,18). The van der Waals surface area contributed by atoms with Gasteiger partial charge in [-0.3, -0.25) is 4.79 Å². The number of amides is 1. The molecule has 18 heavy (non-hydrogen) atoms. The Kier molecular flexibility index (Phi) is 4.52. The Bertz CT molecular complexity index is 384. The molecule has 0 bridgehead atoms. The number of piperazine rings is 1. The molecule has 0 radical (unpaired) electrons. The van der Waals surface area contributed by atoms with Gasteiger partial charge in [0.25, 0.3) is 5.91 Å². The van der Waals surface area contributed by atoms with E-state index in [1.807, 2.05) is 19.1 Å². The Labute approximate surface area is 108 Å². The van der Waals surface area contributed by atoms with Crippen LogP contribution in [0.5, 0.6) is 0 Å². The van der Waals surface area contributed by atoms with E-state index in [-0.39, 0.29) is 5.91 Å². The molecule has 1 saturated heterocycles. The maximum atomic E-state index is 11.7. The van der Waals surface area contributed by atoms with Crippen LogP contribution in [0.15, 0.2) is 18.3 Å². The number of anilines is 1. The number of hydrogen-bond donors (Lipinski definition) is 2. The highest BCUT2D eigenvalue weighted by molar-refractivity contribution is 5.94. The second kappa shape index (κ2) is 6.35. The maximum Gasteiger partial charge on any atom is 0.252 e. The van der Waals surface area contributed by atoms with Crippen molar-refractivity contribution in [2.75, 3.05) is 37.6 Å². The van der Waals surface area contributed by atoms with Gasteiger partial charge in [-0.2, -0.15) is 0 Å². The molecule has 98 valence electrons. The van der Waals surface area contributed by atoms with Gasteiger partial charge < -0.3 is 15.5 Å². The predicted molar refractivity (Wildman–Crippen MR) is 71.9 cm³/mol. The Morgan fingerprint density at radius 2 is 2.22 bits per heavy atom. The van der Waals surface area contributed by atoms with Crippen LogP contribution in [0, 0.1) is 0 Å². The van der Waals surface area contributed by atoms with Gasteiger partial charge in [-0.1, -0.05) is 6.92 Å². The minimum Gasteiger partial charge on any atom is -0.354 e. The van der Waals surface area contributed by atoms with E-state index >= 15 is 0 Å². The van der Waals surface area contributed by atoms with Gasteiger partial charge in [0, 0.05) is 38.9 Å². The van der Waals surface area contributed by atoms with Gasteiger partial charge in [0.05, 0.1) is 5.56 Å². The average molecular weight is 248 g/mol.